The van der Waals surface area contributed by atoms with Crippen molar-refractivity contribution in [1.82, 2.24) is 0 Å². The lowest BCUT2D eigenvalue weighted by molar-refractivity contribution is 0.535. The predicted molar refractivity (Wildman–Crippen MR) is 71.9 cm³/mol. The maximum atomic E-state index is 6.55. The number of rotatable bonds is 3. The second-order valence-electron chi connectivity index (χ2n) is 5.52. The molecule has 0 amide bonds. The molecule has 1 aromatic carbocycles. The summed E-state index contributed by atoms with van der Waals surface area (Å²) in [5, 5.41) is 0. The molecule has 1 saturated carbocycles. The molecule has 1 atom stereocenters. The molecule has 17 heavy (non-hydrogen) atoms. The minimum absolute atomic E-state index is 0.255. The van der Waals surface area contributed by atoms with Crippen LogP contribution in [0.2, 0.25) is 0 Å². The van der Waals surface area contributed by atoms with Gasteiger partial charge in [0.1, 0.15) is 0 Å². The van der Waals surface area contributed by atoms with Crippen LogP contribution in [-0.4, -0.2) is 6.04 Å². The van der Waals surface area contributed by atoms with Gasteiger partial charge in [0.15, 0.2) is 0 Å². The molecule has 0 spiro atoms. The minimum atomic E-state index is 0.255. The van der Waals surface area contributed by atoms with Gasteiger partial charge in [-0.05, 0) is 44.1 Å². The first-order chi connectivity index (χ1) is 8.33. The largest absolute Gasteiger partial charge is 0.323 e. The molecule has 1 nitrogen and oxygen atoms in total. The fourth-order valence-electron chi connectivity index (χ4n) is 3.18. The highest BCUT2D eigenvalue weighted by atomic mass is 14.7. The van der Waals surface area contributed by atoms with E-state index < -0.39 is 0 Å². The summed E-state index contributed by atoms with van der Waals surface area (Å²) < 4.78 is 0. The lowest BCUT2D eigenvalue weighted by atomic mass is 9.81. The van der Waals surface area contributed by atoms with Crippen LogP contribution in [0.4, 0.5) is 0 Å². The van der Waals surface area contributed by atoms with Gasteiger partial charge in [-0.25, -0.2) is 0 Å². The van der Waals surface area contributed by atoms with E-state index in [1.54, 1.807) is 0 Å². The van der Waals surface area contributed by atoms with Gasteiger partial charge in [0.05, 0.1) is 0 Å². The molecular weight excluding hydrogens is 206 g/mol. The van der Waals surface area contributed by atoms with E-state index in [9.17, 15) is 0 Å². The molecule has 0 heterocycles. The summed E-state index contributed by atoms with van der Waals surface area (Å²) in [6.07, 6.45) is 10.0. The Kier molecular flexibility index (Phi) is 2.79. The summed E-state index contributed by atoms with van der Waals surface area (Å²) in [5.74, 6) is 0. The summed E-state index contributed by atoms with van der Waals surface area (Å²) in [6.45, 7) is 0. The highest BCUT2D eigenvalue weighted by molar-refractivity contribution is 5.38. The molecule has 1 unspecified atom stereocenters. The first kappa shape index (κ1) is 11.0. The number of hydrogen-bond acceptors (Lipinski definition) is 1. The molecule has 2 aliphatic carbocycles. The Morgan fingerprint density at radius 3 is 2.41 bits per heavy atom. The number of nitrogens with two attached hydrogens (primary N) is 1. The predicted octanol–water partition coefficient (Wildman–Crippen LogP) is 3.55. The van der Waals surface area contributed by atoms with Crippen LogP contribution in [0.3, 0.4) is 0 Å². The molecule has 0 radical (unpaired) electrons. The Labute approximate surface area is 104 Å². The van der Waals surface area contributed by atoms with Crippen LogP contribution in [-0.2, 0) is 5.41 Å². The van der Waals surface area contributed by atoms with Gasteiger partial charge in [-0.2, -0.15) is 0 Å². The highest BCUT2D eigenvalue weighted by Crippen LogP contribution is 2.52. The molecule has 90 valence electrons. The van der Waals surface area contributed by atoms with Gasteiger partial charge >= 0.3 is 0 Å². The van der Waals surface area contributed by atoms with Gasteiger partial charge in [0.2, 0.25) is 0 Å². The second-order valence-corrected chi connectivity index (χ2v) is 5.52. The first-order valence-corrected chi connectivity index (χ1v) is 6.83. The van der Waals surface area contributed by atoms with Crippen molar-refractivity contribution in [2.24, 2.45) is 5.73 Å². The third kappa shape index (κ3) is 1.93. The molecule has 2 N–H and O–H groups in total. The molecule has 0 aliphatic heterocycles. The number of benzene rings is 1. The topological polar surface area (TPSA) is 26.0 Å². The van der Waals surface area contributed by atoms with Gasteiger partial charge in [0, 0.05) is 11.5 Å². The summed E-state index contributed by atoms with van der Waals surface area (Å²) in [6, 6.07) is 11.1. The smallest absolute Gasteiger partial charge is 0.0352 e. The molecule has 3 rings (SSSR count). The van der Waals surface area contributed by atoms with Crippen molar-refractivity contribution in [2.45, 2.75) is 50.0 Å². The second kappa shape index (κ2) is 4.30. The normalized spacial score (nSPS) is 23.9. The quantitative estimate of drug-likeness (QED) is 0.785. The molecule has 0 aromatic heterocycles. The SMILES string of the molecule is NC(C1=CCCCC1)C1(c2ccccc2)CC1. The summed E-state index contributed by atoms with van der Waals surface area (Å²) >= 11 is 0. The lowest BCUT2D eigenvalue weighted by Gasteiger charge is -2.28. The van der Waals surface area contributed by atoms with E-state index in [4.69, 9.17) is 5.73 Å². The first-order valence-electron chi connectivity index (χ1n) is 6.83. The van der Waals surface area contributed by atoms with Crippen molar-refractivity contribution in [3.63, 3.8) is 0 Å². The summed E-state index contributed by atoms with van der Waals surface area (Å²) in [7, 11) is 0. The van der Waals surface area contributed by atoms with Crippen LogP contribution >= 0.6 is 0 Å². The zero-order chi connectivity index (χ0) is 11.7. The lowest BCUT2D eigenvalue weighted by Crippen LogP contribution is -2.37. The van der Waals surface area contributed by atoms with E-state index in [0.717, 1.165) is 0 Å². The third-order valence-corrected chi connectivity index (χ3v) is 4.46. The van der Waals surface area contributed by atoms with Gasteiger partial charge in [-0.15, -0.1) is 0 Å². The molecule has 1 fully saturated rings. The third-order valence-electron chi connectivity index (χ3n) is 4.46. The highest BCUT2D eigenvalue weighted by Gasteiger charge is 2.50. The van der Waals surface area contributed by atoms with Gasteiger partial charge in [0.25, 0.3) is 0 Å². The van der Waals surface area contributed by atoms with Gasteiger partial charge in [-0.1, -0.05) is 42.0 Å². The van der Waals surface area contributed by atoms with Crippen LogP contribution in [0.15, 0.2) is 42.0 Å². The Balaban J connectivity index is 1.86. The van der Waals surface area contributed by atoms with Crippen LogP contribution in [0.1, 0.15) is 44.1 Å². The van der Waals surface area contributed by atoms with Gasteiger partial charge < -0.3 is 5.73 Å². The molecule has 0 bridgehead atoms. The van der Waals surface area contributed by atoms with Crippen LogP contribution in [0, 0.1) is 0 Å². The zero-order valence-corrected chi connectivity index (χ0v) is 10.4. The van der Waals surface area contributed by atoms with E-state index in [-0.39, 0.29) is 11.5 Å². The maximum Gasteiger partial charge on any atom is 0.0352 e. The van der Waals surface area contributed by atoms with E-state index in [1.165, 1.54) is 49.7 Å². The molecule has 1 aromatic rings. The zero-order valence-electron chi connectivity index (χ0n) is 10.4. The Morgan fingerprint density at radius 1 is 1.06 bits per heavy atom. The maximum absolute atomic E-state index is 6.55. The Morgan fingerprint density at radius 2 is 1.82 bits per heavy atom. The van der Waals surface area contributed by atoms with Crippen LogP contribution < -0.4 is 5.73 Å². The van der Waals surface area contributed by atoms with E-state index in [0.29, 0.717) is 0 Å². The standard InChI is InChI=1S/C16H21N/c17-15(13-7-3-1-4-8-13)16(11-12-16)14-9-5-2-6-10-14/h2,5-7,9-10,15H,1,3-4,8,11-12,17H2. The van der Waals surface area contributed by atoms with Crippen molar-refractivity contribution >= 4 is 0 Å². The fraction of sp³-hybridized carbons (Fsp3) is 0.500. The molecular formula is C16H21N. The van der Waals surface area contributed by atoms with E-state index in [1.807, 2.05) is 0 Å². The van der Waals surface area contributed by atoms with E-state index in [2.05, 4.69) is 36.4 Å². The van der Waals surface area contributed by atoms with Crippen molar-refractivity contribution in [1.29, 1.82) is 0 Å². The van der Waals surface area contributed by atoms with Crippen LogP contribution in [0.25, 0.3) is 0 Å². The molecule has 0 saturated heterocycles. The van der Waals surface area contributed by atoms with Crippen LogP contribution in [0.5, 0.6) is 0 Å². The molecule has 2 aliphatic rings. The fourth-order valence-corrected chi connectivity index (χ4v) is 3.18. The summed E-state index contributed by atoms with van der Waals surface area (Å²) in [5.41, 5.74) is 9.78. The number of allylic oxidation sites excluding steroid dienone is 1. The van der Waals surface area contributed by atoms with Gasteiger partial charge in [-0.3, -0.25) is 0 Å². The Hall–Kier alpha value is -1.08. The van der Waals surface area contributed by atoms with Crippen molar-refractivity contribution in [3.05, 3.63) is 47.5 Å². The average molecular weight is 227 g/mol. The van der Waals surface area contributed by atoms with Crippen molar-refractivity contribution in [2.75, 3.05) is 0 Å². The molecule has 1 heteroatoms. The summed E-state index contributed by atoms with van der Waals surface area (Å²) in [4.78, 5) is 0. The van der Waals surface area contributed by atoms with Crippen molar-refractivity contribution < 1.29 is 0 Å². The number of hydrogen-bond donors (Lipinski definition) is 1. The van der Waals surface area contributed by atoms with E-state index >= 15 is 0 Å². The minimum Gasteiger partial charge on any atom is -0.323 e. The monoisotopic (exact) mass is 227 g/mol. The van der Waals surface area contributed by atoms with Crippen molar-refractivity contribution in [3.8, 4) is 0 Å². The average Bonchev–Trinajstić information content (AvgIpc) is 3.21. The Bertz CT molecular complexity index is 414.